The summed E-state index contributed by atoms with van der Waals surface area (Å²) in [7, 11) is 0. The number of carbonyl (C=O) groups excluding carboxylic acids is 1. The minimum Gasteiger partial charge on any atom is -0.347 e. The first kappa shape index (κ1) is 13.7. The van der Waals surface area contributed by atoms with E-state index in [1.807, 2.05) is 0 Å². The van der Waals surface area contributed by atoms with Crippen LogP contribution in [0.15, 0.2) is 29.3 Å². The number of rotatable bonds is 4. The fraction of sp³-hybridized carbons (Fsp3) is 0.100. The SMILES string of the molecule is C=C(Br)CNC(=O)c1cccc(Cl)c1[N+](=O)[O-]. The van der Waals surface area contributed by atoms with Crippen LogP contribution in [-0.2, 0) is 0 Å². The van der Waals surface area contributed by atoms with Crippen LogP contribution >= 0.6 is 27.5 Å². The van der Waals surface area contributed by atoms with Crippen molar-refractivity contribution in [2.45, 2.75) is 0 Å². The summed E-state index contributed by atoms with van der Waals surface area (Å²) in [6.07, 6.45) is 0. The number of carbonyl (C=O) groups is 1. The number of halogens is 2. The molecule has 0 saturated carbocycles. The Morgan fingerprint density at radius 1 is 1.59 bits per heavy atom. The molecule has 0 bridgehead atoms. The molecule has 0 fully saturated rings. The van der Waals surface area contributed by atoms with Crippen LogP contribution in [0, 0.1) is 10.1 Å². The fourth-order valence-corrected chi connectivity index (χ4v) is 1.54. The zero-order valence-electron chi connectivity index (χ0n) is 8.57. The molecule has 0 heterocycles. The lowest BCUT2D eigenvalue weighted by Gasteiger charge is -2.05. The minimum atomic E-state index is -0.680. The summed E-state index contributed by atoms with van der Waals surface area (Å²) in [5.74, 6) is -0.570. The first-order chi connectivity index (χ1) is 7.93. The summed E-state index contributed by atoms with van der Waals surface area (Å²) < 4.78 is 0.565. The van der Waals surface area contributed by atoms with Gasteiger partial charge >= 0.3 is 5.69 Å². The van der Waals surface area contributed by atoms with Gasteiger partial charge in [0.05, 0.1) is 4.92 Å². The Labute approximate surface area is 111 Å². The average molecular weight is 320 g/mol. The molecule has 0 spiro atoms. The molecule has 1 aromatic rings. The van der Waals surface area contributed by atoms with Gasteiger partial charge in [0.2, 0.25) is 0 Å². The second-order valence-corrected chi connectivity index (χ2v) is 4.62. The van der Waals surface area contributed by atoms with E-state index >= 15 is 0 Å². The molecule has 0 aliphatic carbocycles. The quantitative estimate of drug-likeness (QED) is 0.685. The third-order valence-corrected chi connectivity index (χ3v) is 2.44. The molecule has 0 saturated heterocycles. The van der Waals surface area contributed by atoms with Gasteiger partial charge in [0.15, 0.2) is 0 Å². The van der Waals surface area contributed by atoms with E-state index in [9.17, 15) is 14.9 Å². The van der Waals surface area contributed by atoms with Crippen molar-refractivity contribution in [3.8, 4) is 0 Å². The Morgan fingerprint density at radius 2 is 2.24 bits per heavy atom. The topological polar surface area (TPSA) is 72.2 Å². The molecule has 1 aromatic carbocycles. The highest BCUT2D eigenvalue weighted by atomic mass is 79.9. The van der Waals surface area contributed by atoms with E-state index in [1.54, 1.807) is 0 Å². The molecule has 0 atom stereocenters. The van der Waals surface area contributed by atoms with E-state index in [0.717, 1.165) is 0 Å². The first-order valence-corrected chi connectivity index (χ1v) is 5.65. The van der Waals surface area contributed by atoms with Crippen molar-refractivity contribution in [2.75, 3.05) is 6.54 Å². The summed E-state index contributed by atoms with van der Waals surface area (Å²) in [4.78, 5) is 21.8. The highest BCUT2D eigenvalue weighted by molar-refractivity contribution is 9.11. The molecular formula is C10H8BrClN2O3. The number of nitrogens with zero attached hydrogens (tertiary/aromatic N) is 1. The lowest BCUT2D eigenvalue weighted by molar-refractivity contribution is -0.385. The predicted octanol–water partition coefficient (Wildman–Crippen LogP) is 2.89. The molecule has 0 aliphatic rings. The number of hydrogen-bond acceptors (Lipinski definition) is 3. The van der Waals surface area contributed by atoms with E-state index in [1.165, 1.54) is 18.2 Å². The molecule has 1 N–H and O–H groups in total. The Balaban J connectivity index is 3.05. The molecule has 0 unspecified atom stereocenters. The molecule has 7 heteroatoms. The van der Waals surface area contributed by atoms with Crippen molar-refractivity contribution in [2.24, 2.45) is 0 Å². The smallest absolute Gasteiger partial charge is 0.300 e. The van der Waals surface area contributed by atoms with Crippen LogP contribution in [0.4, 0.5) is 5.69 Å². The highest BCUT2D eigenvalue weighted by Crippen LogP contribution is 2.27. The zero-order valence-corrected chi connectivity index (χ0v) is 10.9. The van der Waals surface area contributed by atoms with Gasteiger partial charge in [0.25, 0.3) is 5.91 Å². The maximum absolute atomic E-state index is 11.7. The normalized spacial score (nSPS) is 9.76. The van der Waals surface area contributed by atoms with Crippen LogP contribution < -0.4 is 5.32 Å². The second-order valence-electron chi connectivity index (χ2n) is 3.09. The predicted molar refractivity (Wildman–Crippen MR) is 68.5 cm³/mol. The number of hydrogen-bond donors (Lipinski definition) is 1. The van der Waals surface area contributed by atoms with Gasteiger partial charge in [-0.1, -0.05) is 40.2 Å². The first-order valence-electron chi connectivity index (χ1n) is 4.48. The van der Waals surface area contributed by atoms with Crippen LogP contribution in [0.1, 0.15) is 10.4 Å². The molecular weight excluding hydrogens is 311 g/mol. The second kappa shape index (κ2) is 5.79. The summed E-state index contributed by atoms with van der Waals surface area (Å²) in [5.41, 5.74) is -0.469. The number of para-hydroxylation sites is 1. The fourth-order valence-electron chi connectivity index (χ4n) is 1.16. The number of nitro groups is 1. The Hall–Kier alpha value is -1.40. The number of benzene rings is 1. The van der Waals surface area contributed by atoms with Crippen LogP contribution in [0.2, 0.25) is 5.02 Å². The summed E-state index contributed by atoms with van der Waals surface area (Å²) in [5, 5.41) is 13.2. The van der Waals surface area contributed by atoms with E-state index < -0.39 is 16.5 Å². The van der Waals surface area contributed by atoms with Gasteiger partial charge in [0.1, 0.15) is 10.6 Å². The average Bonchev–Trinajstić information content (AvgIpc) is 2.24. The molecule has 0 radical (unpaired) electrons. The lowest BCUT2D eigenvalue weighted by atomic mass is 10.1. The van der Waals surface area contributed by atoms with Gasteiger partial charge in [-0.3, -0.25) is 14.9 Å². The standard InChI is InChI=1S/C10H8BrClN2O3/c1-6(11)5-13-10(15)7-3-2-4-8(12)9(7)14(16)17/h2-4H,1,5H2,(H,13,15). The van der Waals surface area contributed by atoms with Gasteiger partial charge in [-0.15, -0.1) is 0 Å². The Kier molecular flexibility index (Phi) is 4.65. The third kappa shape index (κ3) is 3.54. The van der Waals surface area contributed by atoms with Crippen LogP contribution in [0.3, 0.4) is 0 Å². The van der Waals surface area contributed by atoms with E-state index in [4.69, 9.17) is 11.6 Å². The third-order valence-electron chi connectivity index (χ3n) is 1.85. The zero-order chi connectivity index (χ0) is 13.0. The van der Waals surface area contributed by atoms with E-state index in [0.29, 0.717) is 4.48 Å². The lowest BCUT2D eigenvalue weighted by Crippen LogP contribution is -2.25. The minimum absolute atomic E-state index is 0.0691. The molecule has 90 valence electrons. The summed E-state index contributed by atoms with van der Waals surface area (Å²) in [6.45, 7) is 3.72. The summed E-state index contributed by atoms with van der Waals surface area (Å²) in [6, 6.07) is 4.18. The van der Waals surface area contributed by atoms with Crippen molar-refractivity contribution >= 4 is 39.1 Å². The highest BCUT2D eigenvalue weighted by Gasteiger charge is 2.23. The number of nitro benzene ring substituents is 1. The summed E-state index contributed by atoms with van der Waals surface area (Å²) >= 11 is 8.75. The monoisotopic (exact) mass is 318 g/mol. The number of amides is 1. The molecule has 5 nitrogen and oxygen atoms in total. The van der Waals surface area contributed by atoms with Gasteiger partial charge in [0, 0.05) is 11.0 Å². The van der Waals surface area contributed by atoms with Gasteiger partial charge in [-0.25, -0.2) is 0 Å². The van der Waals surface area contributed by atoms with Crippen molar-refractivity contribution < 1.29 is 9.72 Å². The maximum atomic E-state index is 11.7. The van der Waals surface area contributed by atoms with Crippen LogP contribution in [0.25, 0.3) is 0 Å². The van der Waals surface area contributed by atoms with Gasteiger partial charge < -0.3 is 5.32 Å². The van der Waals surface area contributed by atoms with Crippen molar-refractivity contribution in [1.82, 2.24) is 5.32 Å². The maximum Gasteiger partial charge on any atom is 0.300 e. The van der Waals surface area contributed by atoms with Crippen LogP contribution in [0.5, 0.6) is 0 Å². The molecule has 17 heavy (non-hydrogen) atoms. The number of nitrogens with one attached hydrogen (secondary N) is 1. The molecule has 0 aliphatic heterocycles. The largest absolute Gasteiger partial charge is 0.347 e. The molecule has 1 amide bonds. The molecule has 1 rings (SSSR count). The van der Waals surface area contributed by atoms with E-state index in [-0.39, 0.29) is 17.1 Å². The van der Waals surface area contributed by atoms with Gasteiger partial charge in [-0.2, -0.15) is 0 Å². The Morgan fingerprint density at radius 3 is 2.76 bits per heavy atom. The van der Waals surface area contributed by atoms with Crippen molar-refractivity contribution in [1.29, 1.82) is 0 Å². The van der Waals surface area contributed by atoms with Crippen LogP contribution in [-0.4, -0.2) is 17.4 Å². The van der Waals surface area contributed by atoms with Crippen molar-refractivity contribution in [3.05, 3.63) is 50.0 Å². The molecule has 0 aromatic heterocycles. The van der Waals surface area contributed by atoms with Gasteiger partial charge in [-0.05, 0) is 12.1 Å². The van der Waals surface area contributed by atoms with Crippen molar-refractivity contribution in [3.63, 3.8) is 0 Å². The Bertz CT molecular complexity index is 490. The van der Waals surface area contributed by atoms with E-state index in [2.05, 4.69) is 27.8 Å².